The number of rotatable bonds is 1. The highest BCUT2D eigenvalue weighted by Crippen LogP contribution is 2.21. The van der Waals surface area contributed by atoms with Gasteiger partial charge in [0.25, 0.3) is 0 Å². The number of pyridine rings is 1. The summed E-state index contributed by atoms with van der Waals surface area (Å²) in [5, 5.41) is 22.1. The van der Waals surface area contributed by atoms with E-state index in [1.807, 2.05) is 29.3 Å². The molecule has 1 unspecified atom stereocenters. The topological polar surface area (TPSA) is 115 Å². The van der Waals surface area contributed by atoms with Gasteiger partial charge in [-0.3, -0.25) is 5.41 Å². The number of aliphatic hydroxyl groups is 1. The highest BCUT2D eigenvalue weighted by Gasteiger charge is 2.27. The second-order valence-electron chi connectivity index (χ2n) is 5.83. The van der Waals surface area contributed by atoms with Gasteiger partial charge in [0.2, 0.25) is 0 Å². The van der Waals surface area contributed by atoms with Crippen LogP contribution in [-0.2, 0) is 0 Å². The fourth-order valence-corrected chi connectivity index (χ4v) is 2.90. The predicted octanol–water partition coefficient (Wildman–Crippen LogP) is 0.705. The molecule has 2 aliphatic heterocycles. The molecule has 0 spiro atoms. The highest BCUT2D eigenvalue weighted by atomic mass is 16.3. The number of nitrogens with one attached hydrogen (secondary N) is 1. The van der Waals surface area contributed by atoms with Gasteiger partial charge in [-0.2, -0.15) is 5.10 Å². The second-order valence-corrected chi connectivity index (χ2v) is 5.83. The van der Waals surface area contributed by atoms with Gasteiger partial charge in [0.15, 0.2) is 11.7 Å². The van der Waals surface area contributed by atoms with Gasteiger partial charge >= 0.3 is 0 Å². The minimum Gasteiger partial charge on any atom is -0.396 e. The van der Waals surface area contributed by atoms with Gasteiger partial charge in [-0.1, -0.05) is 6.07 Å². The van der Waals surface area contributed by atoms with E-state index in [1.165, 1.54) is 0 Å². The third-order valence-corrected chi connectivity index (χ3v) is 4.11. The maximum atomic E-state index is 9.72. The summed E-state index contributed by atoms with van der Waals surface area (Å²) < 4.78 is 1.72. The Kier molecular flexibility index (Phi) is 3.39. The normalized spacial score (nSPS) is 23.0. The number of likely N-dealkylation sites (tertiary alicyclic amines) is 1. The summed E-state index contributed by atoms with van der Waals surface area (Å²) in [4.78, 5) is 10.9. The fraction of sp³-hybridized carbons (Fsp3) is 0.250. The molecule has 0 radical (unpaired) electrons. The van der Waals surface area contributed by atoms with Crippen molar-refractivity contribution >= 4 is 28.6 Å². The molecule has 0 amide bonds. The number of fused-ring (bicyclic) bond motifs is 1. The Morgan fingerprint density at radius 2 is 2.25 bits per heavy atom. The van der Waals surface area contributed by atoms with Crippen molar-refractivity contribution in [1.29, 1.82) is 5.41 Å². The molecule has 0 aromatic carbocycles. The van der Waals surface area contributed by atoms with Crippen LogP contribution < -0.4 is 5.73 Å². The number of dihydropyridines is 1. The molecule has 0 saturated carbocycles. The van der Waals surface area contributed by atoms with Crippen molar-refractivity contribution in [1.82, 2.24) is 14.5 Å². The third kappa shape index (κ3) is 2.46. The molecule has 4 rings (SSSR count). The number of amidine groups is 2. The van der Waals surface area contributed by atoms with Gasteiger partial charge in [0.05, 0.1) is 23.5 Å². The molecule has 24 heavy (non-hydrogen) atoms. The van der Waals surface area contributed by atoms with Crippen molar-refractivity contribution in [3.8, 4) is 0 Å². The average Bonchev–Trinajstić information content (AvgIpc) is 3.17. The summed E-state index contributed by atoms with van der Waals surface area (Å²) in [6, 6.07) is 5.70. The van der Waals surface area contributed by atoms with E-state index in [9.17, 15) is 5.11 Å². The summed E-state index contributed by atoms with van der Waals surface area (Å²) >= 11 is 0. The van der Waals surface area contributed by atoms with Gasteiger partial charge in [0.1, 0.15) is 11.4 Å². The van der Waals surface area contributed by atoms with E-state index >= 15 is 0 Å². The lowest BCUT2D eigenvalue weighted by Crippen LogP contribution is -2.37. The van der Waals surface area contributed by atoms with E-state index < -0.39 is 0 Å². The maximum absolute atomic E-state index is 9.72. The van der Waals surface area contributed by atoms with Crippen LogP contribution in [0, 0.1) is 5.41 Å². The van der Waals surface area contributed by atoms with E-state index in [0.29, 0.717) is 42.6 Å². The number of hydrogen-bond donors (Lipinski definition) is 3. The zero-order chi connectivity index (χ0) is 16.7. The lowest BCUT2D eigenvalue weighted by molar-refractivity contribution is 0.188. The maximum Gasteiger partial charge on any atom is 0.180 e. The number of nitrogens with two attached hydrogens (primary N) is 1. The van der Waals surface area contributed by atoms with Crippen molar-refractivity contribution in [2.24, 2.45) is 15.7 Å². The summed E-state index contributed by atoms with van der Waals surface area (Å²) in [5.41, 5.74) is 8.09. The Labute approximate surface area is 138 Å². The molecule has 8 heteroatoms. The number of aliphatic hydroxyl groups excluding tert-OH is 1. The van der Waals surface area contributed by atoms with E-state index in [1.54, 1.807) is 16.8 Å². The van der Waals surface area contributed by atoms with E-state index in [4.69, 9.17) is 11.1 Å². The van der Waals surface area contributed by atoms with Gasteiger partial charge in [-0.15, -0.1) is 0 Å². The lowest BCUT2D eigenvalue weighted by atomic mass is 10.2. The third-order valence-electron chi connectivity index (χ3n) is 4.11. The largest absolute Gasteiger partial charge is 0.396 e. The number of nitrogens with zero attached hydrogens (tertiary/aromatic N) is 5. The molecule has 0 bridgehead atoms. The Morgan fingerprint density at radius 1 is 1.38 bits per heavy atom. The number of aromatic nitrogens is 2. The number of hydrogen-bond acceptors (Lipinski definition) is 6. The van der Waals surface area contributed by atoms with Crippen LogP contribution in [-0.4, -0.2) is 56.2 Å². The highest BCUT2D eigenvalue weighted by molar-refractivity contribution is 6.49. The summed E-state index contributed by atoms with van der Waals surface area (Å²) in [6.07, 6.45) is 5.35. The Balaban J connectivity index is 1.74. The molecular formula is C16H17N7O. The molecule has 0 aliphatic carbocycles. The number of aliphatic imine (C=N–C) groups is 2. The predicted molar refractivity (Wildman–Crippen MR) is 91.9 cm³/mol. The van der Waals surface area contributed by atoms with Crippen LogP contribution in [0.25, 0.3) is 5.52 Å². The summed E-state index contributed by atoms with van der Waals surface area (Å²) in [5.74, 6) is 0.858. The zero-order valence-electron chi connectivity index (χ0n) is 12.9. The van der Waals surface area contributed by atoms with E-state index in [2.05, 4.69) is 15.1 Å². The molecule has 1 atom stereocenters. The summed E-state index contributed by atoms with van der Waals surface area (Å²) in [6.45, 7) is 1.18. The van der Waals surface area contributed by atoms with E-state index in [-0.39, 0.29) is 11.8 Å². The minimum atomic E-state index is -0.373. The minimum absolute atomic E-state index is 0.159. The first-order chi connectivity index (χ1) is 11.6. The van der Waals surface area contributed by atoms with Gasteiger partial charge < -0.3 is 15.7 Å². The summed E-state index contributed by atoms with van der Waals surface area (Å²) in [7, 11) is 0. The first kappa shape index (κ1) is 14.6. The van der Waals surface area contributed by atoms with Crippen molar-refractivity contribution in [2.45, 2.75) is 12.5 Å². The van der Waals surface area contributed by atoms with Gasteiger partial charge in [0, 0.05) is 19.3 Å². The molecule has 2 aromatic heterocycles. The number of β-amino-alcohol motifs (C(OH)–C–C–N with tert-alkyl or cyclic N) is 1. The molecule has 1 saturated heterocycles. The van der Waals surface area contributed by atoms with E-state index in [0.717, 1.165) is 5.52 Å². The van der Waals surface area contributed by atoms with Crippen LogP contribution >= 0.6 is 0 Å². The van der Waals surface area contributed by atoms with Crippen molar-refractivity contribution in [3.63, 3.8) is 0 Å². The van der Waals surface area contributed by atoms with Crippen LogP contribution in [0.4, 0.5) is 5.69 Å². The molecular weight excluding hydrogens is 306 g/mol. The monoisotopic (exact) mass is 323 g/mol. The van der Waals surface area contributed by atoms with Crippen LogP contribution in [0.1, 0.15) is 6.42 Å². The molecule has 4 heterocycles. The zero-order valence-corrected chi connectivity index (χ0v) is 12.9. The van der Waals surface area contributed by atoms with Gasteiger partial charge in [-0.05, 0) is 24.6 Å². The van der Waals surface area contributed by atoms with Crippen molar-refractivity contribution < 1.29 is 5.11 Å². The smallest absolute Gasteiger partial charge is 0.180 e. The second kappa shape index (κ2) is 5.57. The lowest BCUT2D eigenvalue weighted by Gasteiger charge is -2.23. The standard InChI is InChI=1S/C16H17N7O/c17-11-7-12(18)16(22-6-4-10(24)9-22)21-15(11)20-13-8-19-23-5-2-1-3-14(13)23/h1-3,5,7-8,10,17,24H,4,6,9,18H2. The molecule has 2 aliphatic rings. The molecule has 8 nitrogen and oxygen atoms in total. The van der Waals surface area contributed by atoms with Gasteiger partial charge in [-0.25, -0.2) is 14.5 Å². The first-order valence-corrected chi connectivity index (χ1v) is 7.71. The van der Waals surface area contributed by atoms with Crippen LogP contribution in [0.5, 0.6) is 0 Å². The van der Waals surface area contributed by atoms with Crippen molar-refractivity contribution in [2.75, 3.05) is 13.1 Å². The Bertz CT molecular complexity index is 908. The van der Waals surface area contributed by atoms with Crippen LogP contribution in [0.3, 0.4) is 0 Å². The quantitative estimate of drug-likeness (QED) is 0.716. The molecule has 4 N–H and O–H groups in total. The molecule has 122 valence electrons. The SMILES string of the molecule is N=C1C=C(N)C(N2CCC(O)C2)=NC1=Nc1cnn2ccccc12. The fourth-order valence-electron chi connectivity index (χ4n) is 2.90. The molecule has 2 aromatic rings. The van der Waals surface area contributed by atoms with Crippen molar-refractivity contribution in [3.05, 3.63) is 42.4 Å². The Hall–Kier alpha value is -3.00. The Morgan fingerprint density at radius 3 is 3.04 bits per heavy atom. The average molecular weight is 323 g/mol. The molecule has 1 fully saturated rings. The first-order valence-electron chi connectivity index (χ1n) is 7.71. The van der Waals surface area contributed by atoms with Crippen LogP contribution in [0.15, 0.2) is 52.4 Å². The van der Waals surface area contributed by atoms with Crippen LogP contribution in [0.2, 0.25) is 0 Å².